The molecule has 0 spiro atoms. The third-order valence-electron chi connectivity index (χ3n) is 2.70. The molecule has 2 rings (SSSR count). The number of hydrogen-bond donors (Lipinski definition) is 2. The molecular weight excluding hydrogens is 278 g/mol. The van der Waals surface area contributed by atoms with E-state index < -0.39 is 17.5 Å². The number of hydrogen-bond acceptors (Lipinski definition) is 3. The largest absolute Gasteiger partial charge is 0.491 e. The Morgan fingerprint density at radius 3 is 2.52 bits per heavy atom. The smallest absolute Gasteiger partial charge is 0.259 e. The molecule has 0 aliphatic carbocycles. The molecule has 0 aromatic heterocycles. The minimum absolute atomic E-state index is 0.0161. The molecule has 3 N–H and O–H groups in total. The fourth-order valence-electron chi connectivity index (χ4n) is 1.86. The Morgan fingerprint density at radius 1 is 1.24 bits per heavy atom. The van der Waals surface area contributed by atoms with E-state index in [1.165, 1.54) is 6.07 Å². The lowest BCUT2D eigenvalue weighted by Gasteiger charge is -2.12. The predicted octanol–water partition coefficient (Wildman–Crippen LogP) is 3.20. The number of anilines is 2. The maximum atomic E-state index is 13.1. The van der Waals surface area contributed by atoms with Gasteiger partial charge in [-0.2, -0.15) is 0 Å². The number of carbonyl (C=O) groups excluding carboxylic acids is 1. The quantitative estimate of drug-likeness (QED) is 0.851. The highest BCUT2D eigenvalue weighted by atomic mass is 19.1. The lowest BCUT2D eigenvalue weighted by molar-refractivity contribution is 0.102. The van der Waals surface area contributed by atoms with E-state index >= 15 is 0 Å². The van der Waals surface area contributed by atoms with Crippen LogP contribution < -0.4 is 15.8 Å². The van der Waals surface area contributed by atoms with Crippen LogP contribution >= 0.6 is 0 Å². The van der Waals surface area contributed by atoms with Crippen molar-refractivity contribution in [2.24, 2.45) is 0 Å². The van der Waals surface area contributed by atoms with Crippen molar-refractivity contribution in [2.45, 2.75) is 6.92 Å². The first-order valence-corrected chi connectivity index (χ1v) is 6.30. The van der Waals surface area contributed by atoms with E-state index in [0.717, 1.165) is 18.2 Å². The summed E-state index contributed by atoms with van der Waals surface area (Å²) in [5.41, 5.74) is 6.29. The molecule has 0 atom stereocenters. The van der Waals surface area contributed by atoms with Crippen LogP contribution in [0.4, 0.5) is 20.2 Å². The number of halogens is 2. The fraction of sp³-hybridized carbons (Fsp3) is 0.133. The molecule has 4 nitrogen and oxygen atoms in total. The van der Waals surface area contributed by atoms with Gasteiger partial charge in [0.1, 0.15) is 11.6 Å². The summed E-state index contributed by atoms with van der Waals surface area (Å²) in [5.74, 6) is -1.86. The second-order valence-corrected chi connectivity index (χ2v) is 4.27. The molecule has 21 heavy (non-hydrogen) atoms. The molecule has 0 unspecified atom stereocenters. The van der Waals surface area contributed by atoms with Crippen LogP contribution in [-0.2, 0) is 0 Å². The van der Waals surface area contributed by atoms with Crippen molar-refractivity contribution in [1.29, 1.82) is 0 Å². The predicted molar refractivity (Wildman–Crippen MR) is 76.3 cm³/mol. The van der Waals surface area contributed by atoms with Gasteiger partial charge in [0.2, 0.25) is 0 Å². The first kappa shape index (κ1) is 14.8. The van der Waals surface area contributed by atoms with Crippen molar-refractivity contribution < 1.29 is 18.3 Å². The average Bonchev–Trinajstić information content (AvgIpc) is 2.40. The zero-order chi connectivity index (χ0) is 15.4. The van der Waals surface area contributed by atoms with E-state index in [9.17, 15) is 13.6 Å². The van der Waals surface area contributed by atoms with E-state index in [-0.39, 0.29) is 17.0 Å². The summed E-state index contributed by atoms with van der Waals surface area (Å²) in [4.78, 5) is 12.2. The molecule has 0 aliphatic rings. The summed E-state index contributed by atoms with van der Waals surface area (Å²) in [6.07, 6.45) is 0. The fourth-order valence-corrected chi connectivity index (χ4v) is 1.86. The van der Waals surface area contributed by atoms with Crippen molar-refractivity contribution >= 4 is 17.3 Å². The number of ether oxygens (including phenoxy) is 1. The van der Waals surface area contributed by atoms with Crippen LogP contribution in [0.1, 0.15) is 17.3 Å². The van der Waals surface area contributed by atoms with Gasteiger partial charge in [-0.3, -0.25) is 4.79 Å². The Kier molecular flexibility index (Phi) is 4.37. The van der Waals surface area contributed by atoms with Gasteiger partial charge in [-0.15, -0.1) is 0 Å². The number of carbonyl (C=O) groups is 1. The van der Waals surface area contributed by atoms with Gasteiger partial charge in [0.25, 0.3) is 5.91 Å². The molecule has 2 aromatic rings. The second kappa shape index (κ2) is 6.21. The third kappa shape index (κ3) is 3.47. The van der Waals surface area contributed by atoms with Crippen molar-refractivity contribution in [3.05, 3.63) is 53.6 Å². The number of rotatable bonds is 4. The van der Waals surface area contributed by atoms with Gasteiger partial charge in [-0.05, 0) is 31.2 Å². The van der Waals surface area contributed by atoms with Crippen LogP contribution in [0.25, 0.3) is 0 Å². The first-order chi connectivity index (χ1) is 10.0. The van der Waals surface area contributed by atoms with Crippen molar-refractivity contribution in [2.75, 3.05) is 17.7 Å². The molecule has 0 fully saturated rings. The Hall–Kier alpha value is -2.63. The van der Waals surface area contributed by atoms with Gasteiger partial charge in [0.15, 0.2) is 5.75 Å². The Bertz CT molecular complexity index is 654. The molecule has 110 valence electrons. The standard InChI is InChI=1S/C15H14F2N2O2/c1-2-21-14-12(4-3-5-13(14)18)15(20)19-11-7-9(16)6-10(17)8-11/h3-8H,2,18H2,1H3,(H,19,20). The van der Waals surface area contributed by atoms with Gasteiger partial charge < -0.3 is 15.8 Å². The van der Waals surface area contributed by atoms with E-state index in [1.807, 2.05) is 0 Å². The number of para-hydroxylation sites is 1. The Balaban J connectivity index is 2.30. The minimum atomic E-state index is -0.775. The van der Waals surface area contributed by atoms with Crippen molar-refractivity contribution in [1.82, 2.24) is 0 Å². The second-order valence-electron chi connectivity index (χ2n) is 4.27. The summed E-state index contributed by atoms with van der Waals surface area (Å²) in [6.45, 7) is 2.10. The van der Waals surface area contributed by atoms with Crippen LogP contribution in [0.3, 0.4) is 0 Å². The molecule has 2 aromatic carbocycles. The SMILES string of the molecule is CCOc1c(N)cccc1C(=O)Nc1cc(F)cc(F)c1. The molecular formula is C15H14F2N2O2. The van der Waals surface area contributed by atoms with Gasteiger partial charge in [-0.25, -0.2) is 8.78 Å². The number of nitrogens with two attached hydrogens (primary N) is 1. The van der Waals surface area contributed by atoms with Crippen molar-refractivity contribution in [3.63, 3.8) is 0 Å². The summed E-state index contributed by atoms with van der Waals surface area (Å²) >= 11 is 0. The zero-order valence-electron chi connectivity index (χ0n) is 11.3. The molecule has 0 bridgehead atoms. The van der Waals surface area contributed by atoms with Crippen LogP contribution in [0.5, 0.6) is 5.75 Å². The van der Waals surface area contributed by atoms with Crippen molar-refractivity contribution in [3.8, 4) is 5.75 Å². The molecule has 0 saturated heterocycles. The third-order valence-corrected chi connectivity index (χ3v) is 2.70. The Morgan fingerprint density at radius 2 is 1.90 bits per heavy atom. The maximum absolute atomic E-state index is 13.1. The highest BCUT2D eigenvalue weighted by Gasteiger charge is 2.15. The topological polar surface area (TPSA) is 64.3 Å². The summed E-state index contributed by atoms with van der Waals surface area (Å²) in [5, 5.41) is 2.41. The van der Waals surface area contributed by atoms with Crippen LogP contribution in [0.2, 0.25) is 0 Å². The van der Waals surface area contributed by atoms with E-state index in [0.29, 0.717) is 12.3 Å². The summed E-state index contributed by atoms with van der Waals surface area (Å²) < 4.78 is 31.6. The lowest BCUT2D eigenvalue weighted by Crippen LogP contribution is -2.15. The summed E-state index contributed by atoms with van der Waals surface area (Å²) in [6, 6.07) is 7.48. The van der Waals surface area contributed by atoms with Gasteiger partial charge >= 0.3 is 0 Å². The highest BCUT2D eigenvalue weighted by Crippen LogP contribution is 2.27. The molecule has 0 saturated carbocycles. The van der Waals surface area contributed by atoms with Gasteiger partial charge in [-0.1, -0.05) is 6.07 Å². The number of benzene rings is 2. The van der Waals surface area contributed by atoms with Gasteiger partial charge in [0, 0.05) is 11.8 Å². The van der Waals surface area contributed by atoms with E-state index in [1.54, 1.807) is 19.1 Å². The van der Waals surface area contributed by atoms with Crippen LogP contribution in [0, 0.1) is 11.6 Å². The van der Waals surface area contributed by atoms with Crippen LogP contribution in [0.15, 0.2) is 36.4 Å². The zero-order valence-corrected chi connectivity index (χ0v) is 11.3. The number of nitrogens with one attached hydrogen (secondary N) is 1. The minimum Gasteiger partial charge on any atom is -0.491 e. The summed E-state index contributed by atoms with van der Waals surface area (Å²) in [7, 11) is 0. The molecule has 6 heteroatoms. The average molecular weight is 292 g/mol. The number of amides is 1. The monoisotopic (exact) mass is 292 g/mol. The molecule has 1 amide bonds. The Labute approximate surface area is 120 Å². The molecule has 0 radical (unpaired) electrons. The maximum Gasteiger partial charge on any atom is 0.259 e. The number of nitrogen functional groups attached to an aromatic ring is 1. The highest BCUT2D eigenvalue weighted by molar-refractivity contribution is 6.07. The normalized spacial score (nSPS) is 10.2. The first-order valence-electron chi connectivity index (χ1n) is 6.30. The van der Waals surface area contributed by atoms with E-state index in [4.69, 9.17) is 10.5 Å². The lowest BCUT2D eigenvalue weighted by atomic mass is 10.1. The molecule has 0 heterocycles. The van der Waals surface area contributed by atoms with Gasteiger partial charge in [0.05, 0.1) is 17.9 Å². The molecule has 0 aliphatic heterocycles. The van der Waals surface area contributed by atoms with E-state index in [2.05, 4.69) is 5.32 Å². The van der Waals surface area contributed by atoms with Crippen LogP contribution in [-0.4, -0.2) is 12.5 Å².